The minimum absolute atomic E-state index is 0.188. The Hall–Kier alpha value is -4.02. The van der Waals surface area contributed by atoms with Gasteiger partial charge in [0.1, 0.15) is 0 Å². The van der Waals surface area contributed by atoms with Gasteiger partial charge < -0.3 is 4.40 Å². The molecule has 7 aromatic rings. The molecular weight excluding hydrogens is 416 g/mol. The quantitative estimate of drug-likeness (QED) is 0.296. The summed E-state index contributed by atoms with van der Waals surface area (Å²) in [5.74, 6) is 1.14. The zero-order valence-corrected chi connectivity index (χ0v) is 17.6. The zero-order valence-electron chi connectivity index (χ0n) is 16.8. The van der Waals surface area contributed by atoms with E-state index < -0.39 is 0 Å². The van der Waals surface area contributed by atoms with E-state index in [0.717, 1.165) is 11.1 Å². The summed E-state index contributed by atoms with van der Waals surface area (Å²) >= 11 is 6.34. The maximum absolute atomic E-state index is 6.34. The third-order valence-corrected chi connectivity index (χ3v) is 6.27. The minimum Gasteiger partial charge on any atom is -0.308 e. The van der Waals surface area contributed by atoms with Crippen LogP contribution in [0.15, 0.2) is 91.0 Å². The number of hydrogen-bond acceptors (Lipinski definition) is 3. The molecule has 0 aliphatic heterocycles. The Kier molecular flexibility index (Phi) is 3.58. The van der Waals surface area contributed by atoms with Crippen LogP contribution >= 0.6 is 11.6 Å². The highest BCUT2D eigenvalue weighted by Crippen LogP contribution is 2.41. The molecule has 0 aliphatic carbocycles. The van der Waals surface area contributed by atoms with Crippen molar-refractivity contribution >= 4 is 49.7 Å². The average molecular weight is 431 g/mol. The Balaban J connectivity index is 1.59. The Morgan fingerprint density at radius 3 is 1.69 bits per heavy atom. The molecule has 32 heavy (non-hydrogen) atoms. The van der Waals surface area contributed by atoms with Crippen molar-refractivity contribution in [3.8, 4) is 22.8 Å². The van der Waals surface area contributed by atoms with Gasteiger partial charge in [-0.25, -0.2) is 4.98 Å². The number of aromatic nitrogens is 4. The van der Waals surface area contributed by atoms with E-state index in [1.165, 1.54) is 38.1 Å². The van der Waals surface area contributed by atoms with Gasteiger partial charge in [-0.1, -0.05) is 66.7 Å². The van der Waals surface area contributed by atoms with Crippen LogP contribution in [0.5, 0.6) is 0 Å². The fraction of sp³-hybridized carbons (Fsp3) is 0. The molecule has 7 rings (SSSR count). The fourth-order valence-corrected chi connectivity index (χ4v) is 4.93. The fourth-order valence-electron chi connectivity index (χ4n) is 4.77. The van der Waals surface area contributed by atoms with Crippen molar-refractivity contribution in [3.05, 3.63) is 96.3 Å². The largest absolute Gasteiger partial charge is 0.308 e. The molecule has 0 atom stereocenters. The summed E-state index contributed by atoms with van der Waals surface area (Å²) in [7, 11) is 0. The highest BCUT2D eigenvalue weighted by molar-refractivity contribution is 6.28. The summed E-state index contributed by atoms with van der Waals surface area (Å²) in [5, 5.41) is 4.98. The smallest absolute Gasteiger partial charge is 0.226 e. The Bertz CT molecular complexity index is 1700. The van der Waals surface area contributed by atoms with E-state index in [0.29, 0.717) is 11.6 Å². The molecule has 3 heterocycles. The van der Waals surface area contributed by atoms with Gasteiger partial charge >= 0.3 is 0 Å². The first kappa shape index (κ1) is 17.6. The third-order valence-electron chi connectivity index (χ3n) is 6.10. The summed E-state index contributed by atoms with van der Waals surface area (Å²) < 4.78 is 2.36. The Morgan fingerprint density at radius 1 is 0.531 bits per heavy atom. The molecule has 0 N–H and O–H groups in total. The van der Waals surface area contributed by atoms with Crippen molar-refractivity contribution in [2.24, 2.45) is 0 Å². The van der Waals surface area contributed by atoms with Crippen molar-refractivity contribution in [2.75, 3.05) is 0 Å². The molecule has 0 fully saturated rings. The van der Waals surface area contributed by atoms with Gasteiger partial charge in [-0.05, 0) is 35.9 Å². The van der Waals surface area contributed by atoms with Crippen LogP contribution in [-0.4, -0.2) is 19.4 Å². The van der Waals surface area contributed by atoms with Crippen molar-refractivity contribution in [1.82, 2.24) is 19.4 Å². The highest BCUT2D eigenvalue weighted by atomic mass is 35.5. The van der Waals surface area contributed by atoms with Gasteiger partial charge in [-0.15, -0.1) is 0 Å². The maximum atomic E-state index is 6.34. The van der Waals surface area contributed by atoms with E-state index in [1.54, 1.807) is 0 Å². The van der Waals surface area contributed by atoms with Crippen LogP contribution in [-0.2, 0) is 0 Å². The van der Waals surface area contributed by atoms with E-state index in [9.17, 15) is 0 Å². The molecular formula is C27H15ClN4. The molecule has 0 bridgehead atoms. The summed E-state index contributed by atoms with van der Waals surface area (Å²) in [6.45, 7) is 0. The molecule has 0 amide bonds. The topological polar surface area (TPSA) is 43.1 Å². The summed E-state index contributed by atoms with van der Waals surface area (Å²) in [5.41, 5.74) is 5.45. The average Bonchev–Trinajstić information content (AvgIpc) is 3.36. The molecule has 0 unspecified atom stereocenters. The van der Waals surface area contributed by atoms with Gasteiger partial charge in [0.15, 0.2) is 11.6 Å². The van der Waals surface area contributed by atoms with Crippen molar-refractivity contribution in [1.29, 1.82) is 0 Å². The predicted molar refractivity (Wildman–Crippen MR) is 130 cm³/mol. The summed E-state index contributed by atoms with van der Waals surface area (Å²) in [6, 6.07) is 31.2. The Morgan fingerprint density at radius 2 is 1.06 bits per heavy atom. The molecule has 4 aromatic carbocycles. The van der Waals surface area contributed by atoms with Gasteiger partial charge in [-0.2, -0.15) is 9.97 Å². The predicted octanol–water partition coefficient (Wildman–Crippen LogP) is 7.01. The molecule has 3 aromatic heterocycles. The lowest BCUT2D eigenvalue weighted by Crippen LogP contribution is -1.97. The number of para-hydroxylation sites is 2. The number of fused-ring (bicyclic) bond motifs is 6. The van der Waals surface area contributed by atoms with Crippen LogP contribution in [0.1, 0.15) is 0 Å². The van der Waals surface area contributed by atoms with Crippen molar-refractivity contribution in [2.45, 2.75) is 0 Å². The van der Waals surface area contributed by atoms with Crippen LogP contribution in [0.3, 0.4) is 0 Å². The molecule has 0 aliphatic rings. The van der Waals surface area contributed by atoms with Gasteiger partial charge in [-0.3, -0.25) is 0 Å². The second kappa shape index (κ2) is 6.49. The molecule has 5 heteroatoms. The molecule has 4 nitrogen and oxygen atoms in total. The van der Waals surface area contributed by atoms with E-state index >= 15 is 0 Å². The van der Waals surface area contributed by atoms with Gasteiger partial charge in [0.2, 0.25) is 5.28 Å². The molecule has 0 saturated heterocycles. The van der Waals surface area contributed by atoms with E-state index in [4.69, 9.17) is 16.6 Å². The van der Waals surface area contributed by atoms with Crippen LogP contribution < -0.4 is 0 Å². The summed E-state index contributed by atoms with van der Waals surface area (Å²) in [6.07, 6.45) is 0. The third kappa shape index (κ3) is 2.41. The lowest BCUT2D eigenvalue weighted by molar-refractivity contribution is 1.07. The van der Waals surface area contributed by atoms with Crippen LogP contribution in [0.2, 0.25) is 5.28 Å². The first-order chi connectivity index (χ1) is 15.8. The second-order valence-corrected chi connectivity index (χ2v) is 8.25. The van der Waals surface area contributed by atoms with Crippen LogP contribution in [0.4, 0.5) is 0 Å². The highest BCUT2D eigenvalue weighted by Gasteiger charge is 2.19. The molecule has 150 valence electrons. The monoisotopic (exact) mass is 430 g/mol. The maximum Gasteiger partial charge on any atom is 0.226 e. The molecule has 0 radical (unpaired) electrons. The van der Waals surface area contributed by atoms with Crippen LogP contribution in [0, 0.1) is 0 Å². The van der Waals surface area contributed by atoms with E-state index in [-0.39, 0.29) is 5.28 Å². The summed E-state index contributed by atoms with van der Waals surface area (Å²) in [4.78, 5) is 13.6. The van der Waals surface area contributed by atoms with Crippen molar-refractivity contribution < 1.29 is 0 Å². The number of benzene rings is 4. The normalized spacial score (nSPS) is 11.9. The lowest BCUT2D eigenvalue weighted by atomic mass is 10.0. The molecule has 0 spiro atoms. The Labute approximate surface area is 188 Å². The first-order valence-corrected chi connectivity index (χ1v) is 10.8. The van der Waals surface area contributed by atoms with Gasteiger partial charge in [0.05, 0.1) is 16.6 Å². The second-order valence-electron chi connectivity index (χ2n) is 7.91. The zero-order chi connectivity index (χ0) is 21.2. The van der Waals surface area contributed by atoms with Crippen molar-refractivity contribution in [3.63, 3.8) is 0 Å². The molecule has 0 saturated carbocycles. The van der Waals surface area contributed by atoms with Crippen LogP contribution in [0.25, 0.3) is 60.9 Å². The standard InChI is InChI=1S/C27H15ClN4/c28-27-30-25(16-8-2-1-3-9-16)29-26(31-27)17-14-20-18-10-4-6-12-22(18)32-23-13-7-5-11-19(23)21(15-17)24(20)32/h1-15H. The number of nitrogens with zero attached hydrogens (tertiary/aromatic N) is 4. The SMILES string of the molecule is Clc1nc(-c2ccccc2)nc(-c2cc3c4ccccc4n4c5ccccc5c(c2)c34)n1. The number of hydrogen-bond donors (Lipinski definition) is 0. The minimum atomic E-state index is 0.188. The van der Waals surface area contributed by atoms with E-state index in [1.807, 2.05) is 30.3 Å². The van der Waals surface area contributed by atoms with E-state index in [2.05, 4.69) is 75.0 Å². The van der Waals surface area contributed by atoms with Gasteiger partial charge in [0.25, 0.3) is 0 Å². The van der Waals surface area contributed by atoms with Gasteiger partial charge in [0, 0.05) is 32.7 Å². The number of halogens is 1. The first-order valence-electron chi connectivity index (χ1n) is 10.4. The lowest BCUT2D eigenvalue weighted by Gasteiger charge is -2.06. The number of rotatable bonds is 2.